The molecule has 0 bridgehead atoms. The average Bonchev–Trinajstić information content (AvgIpc) is 2.69. The van der Waals surface area contributed by atoms with Gasteiger partial charge in [-0.25, -0.2) is 0 Å². The smallest absolute Gasteiger partial charge is 0.236 e. The van der Waals surface area contributed by atoms with E-state index in [1.54, 1.807) is 11.3 Å². The fourth-order valence-corrected chi connectivity index (χ4v) is 2.81. The van der Waals surface area contributed by atoms with Crippen LogP contribution in [0, 0.1) is 0 Å². The zero-order valence-corrected chi connectivity index (χ0v) is 11.0. The highest BCUT2D eigenvalue weighted by Crippen LogP contribution is 2.09. The largest absolute Gasteiger partial charge is 0.342 e. The second-order valence-electron chi connectivity index (χ2n) is 4.53. The summed E-state index contributed by atoms with van der Waals surface area (Å²) in [5, 5.41) is 7.40. The lowest BCUT2D eigenvalue weighted by Crippen LogP contribution is -2.38. The second-order valence-corrected chi connectivity index (χ2v) is 5.31. The van der Waals surface area contributed by atoms with E-state index in [0.717, 1.165) is 32.5 Å². The summed E-state index contributed by atoms with van der Waals surface area (Å²) >= 11 is 1.69. The molecule has 1 aromatic heterocycles. The zero-order valence-electron chi connectivity index (χ0n) is 10.2. The van der Waals surface area contributed by atoms with E-state index in [1.807, 2.05) is 4.90 Å². The highest BCUT2D eigenvalue weighted by molar-refractivity contribution is 7.07. The third-order valence-electron chi connectivity index (χ3n) is 3.14. The molecule has 0 saturated carbocycles. The molecule has 1 fully saturated rings. The van der Waals surface area contributed by atoms with Crippen LogP contribution in [0.5, 0.6) is 0 Å². The Kier molecular flexibility index (Phi) is 5.01. The van der Waals surface area contributed by atoms with Crippen molar-refractivity contribution >= 4 is 17.2 Å². The number of amides is 1. The van der Waals surface area contributed by atoms with E-state index in [9.17, 15) is 4.79 Å². The van der Waals surface area contributed by atoms with E-state index < -0.39 is 0 Å². The van der Waals surface area contributed by atoms with E-state index in [1.165, 1.54) is 18.4 Å². The molecule has 17 heavy (non-hydrogen) atoms. The first-order chi connectivity index (χ1) is 8.36. The summed E-state index contributed by atoms with van der Waals surface area (Å²) in [6.07, 6.45) is 4.87. The molecule has 0 aromatic carbocycles. The number of hydrogen-bond acceptors (Lipinski definition) is 3. The van der Waals surface area contributed by atoms with Gasteiger partial charge in [-0.15, -0.1) is 0 Å². The maximum Gasteiger partial charge on any atom is 0.236 e. The van der Waals surface area contributed by atoms with Crippen molar-refractivity contribution in [2.75, 3.05) is 19.6 Å². The number of hydrogen-bond donors (Lipinski definition) is 1. The van der Waals surface area contributed by atoms with Gasteiger partial charge in [0.1, 0.15) is 0 Å². The Morgan fingerprint density at radius 3 is 2.71 bits per heavy atom. The molecule has 1 aliphatic rings. The Morgan fingerprint density at radius 2 is 2.06 bits per heavy atom. The average molecular weight is 252 g/mol. The van der Waals surface area contributed by atoms with Gasteiger partial charge < -0.3 is 10.2 Å². The molecule has 0 radical (unpaired) electrons. The Bertz CT molecular complexity index is 329. The maximum atomic E-state index is 11.9. The van der Waals surface area contributed by atoms with Crippen molar-refractivity contribution in [3.05, 3.63) is 22.4 Å². The molecule has 0 unspecified atom stereocenters. The van der Waals surface area contributed by atoms with E-state index >= 15 is 0 Å². The third-order valence-corrected chi connectivity index (χ3v) is 3.88. The van der Waals surface area contributed by atoms with Gasteiger partial charge in [-0.3, -0.25) is 4.79 Å². The van der Waals surface area contributed by atoms with Crippen molar-refractivity contribution in [2.45, 2.75) is 32.2 Å². The summed E-state index contributed by atoms with van der Waals surface area (Å²) in [5.74, 6) is 0.252. The summed E-state index contributed by atoms with van der Waals surface area (Å²) in [6, 6.07) is 2.09. The number of carbonyl (C=O) groups is 1. The van der Waals surface area contributed by atoms with Crippen molar-refractivity contribution in [2.24, 2.45) is 0 Å². The van der Waals surface area contributed by atoms with Crippen LogP contribution in [0.15, 0.2) is 16.8 Å². The summed E-state index contributed by atoms with van der Waals surface area (Å²) < 4.78 is 0. The normalized spacial score (nSPS) is 16.8. The SMILES string of the molecule is O=C(CNCc1ccsc1)N1CCCCCC1. The van der Waals surface area contributed by atoms with E-state index in [2.05, 4.69) is 22.1 Å². The first-order valence-electron chi connectivity index (χ1n) is 6.36. The van der Waals surface area contributed by atoms with Crippen LogP contribution in [0.4, 0.5) is 0 Å². The predicted molar refractivity (Wildman–Crippen MR) is 71.1 cm³/mol. The Morgan fingerprint density at radius 1 is 1.29 bits per heavy atom. The molecule has 1 aromatic rings. The molecule has 3 nitrogen and oxygen atoms in total. The Labute approximate surface area is 107 Å². The molecule has 1 aliphatic heterocycles. The topological polar surface area (TPSA) is 32.3 Å². The number of nitrogens with zero attached hydrogens (tertiary/aromatic N) is 1. The van der Waals surface area contributed by atoms with Crippen molar-refractivity contribution in [1.82, 2.24) is 10.2 Å². The highest BCUT2D eigenvalue weighted by Gasteiger charge is 2.14. The third kappa shape index (κ3) is 4.13. The number of likely N-dealkylation sites (tertiary alicyclic amines) is 1. The van der Waals surface area contributed by atoms with Gasteiger partial charge >= 0.3 is 0 Å². The molecule has 0 aliphatic carbocycles. The van der Waals surface area contributed by atoms with Crippen LogP contribution in [0.1, 0.15) is 31.2 Å². The molecule has 4 heteroatoms. The van der Waals surface area contributed by atoms with Gasteiger partial charge in [0.2, 0.25) is 5.91 Å². The number of carbonyl (C=O) groups excluding carboxylic acids is 1. The molecular weight excluding hydrogens is 232 g/mol. The lowest BCUT2D eigenvalue weighted by molar-refractivity contribution is -0.130. The van der Waals surface area contributed by atoms with Gasteiger partial charge in [0.25, 0.3) is 0 Å². The number of nitrogens with one attached hydrogen (secondary N) is 1. The molecule has 2 heterocycles. The zero-order chi connectivity index (χ0) is 11.9. The van der Waals surface area contributed by atoms with Crippen molar-refractivity contribution < 1.29 is 4.79 Å². The van der Waals surface area contributed by atoms with Gasteiger partial charge in [0, 0.05) is 19.6 Å². The van der Waals surface area contributed by atoms with Crippen molar-refractivity contribution in [3.63, 3.8) is 0 Å². The fraction of sp³-hybridized carbons (Fsp3) is 0.615. The lowest BCUT2D eigenvalue weighted by atomic mass is 10.2. The molecule has 2 rings (SSSR count). The second kappa shape index (κ2) is 6.77. The maximum absolute atomic E-state index is 11.9. The quantitative estimate of drug-likeness (QED) is 0.891. The minimum absolute atomic E-state index is 0.252. The minimum Gasteiger partial charge on any atom is -0.342 e. The molecule has 0 spiro atoms. The van der Waals surface area contributed by atoms with Crippen LogP contribution >= 0.6 is 11.3 Å². The van der Waals surface area contributed by atoms with E-state index in [4.69, 9.17) is 0 Å². The van der Waals surface area contributed by atoms with Crippen molar-refractivity contribution in [3.8, 4) is 0 Å². The lowest BCUT2D eigenvalue weighted by Gasteiger charge is -2.20. The van der Waals surface area contributed by atoms with Gasteiger partial charge in [0.05, 0.1) is 6.54 Å². The predicted octanol–water partition coefficient (Wildman–Crippen LogP) is 2.24. The summed E-state index contributed by atoms with van der Waals surface area (Å²) in [5.41, 5.74) is 1.26. The number of thiophene rings is 1. The Hall–Kier alpha value is -0.870. The standard InChI is InChI=1S/C13H20N2OS/c16-13(15-6-3-1-2-4-7-15)10-14-9-12-5-8-17-11-12/h5,8,11,14H,1-4,6-7,9-10H2. The summed E-state index contributed by atoms with van der Waals surface area (Å²) in [4.78, 5) is 14.0. The van der Waals surface area contributed by atoms with Crippen LogP contribution in [-0.2, 0) is 11.3 Å². The van der Waals surface area contributed by atoms with Gasteiger partial charge in [-0.1, -0.05) is 12.8 Å². The Balaban J connectivity index is 1.69. The molecule has 1 saturated heterocycles. The van der Waals surface area contributed by atoms with Crippen LogP contribution in [-0.4, -0.2) is 30.4 Å². The van der Waals surface area contributed by atoms with Crippen LogP contribution in [0.25, 0.3) is 0 Å². The van der Waals surface area contributed by atoms with Gasteiger partial charge in [0.15, 0.2) is 0 Å². The molecule has 1 N–H and O–H groups in total. The number of rotatable bonds is 4. The summed E-state index contributed by atoms with van der Waals surface area (Å²) in [7, 11) is 0. The van der Waals surface area contributed by atoms with E-state index in [-0.39, 0.29) is 5.91 Å². The molecular formula is C13H20N2OS. The van der Waals surface area contributed by atoms with E-state index in [0.29, 0.717) is 6.54 Å². The van der Waals surface area contributed by atoms with Gasteiger partial charge in [-0.2, -0.15) is 11.3 Å². The van der Waals surface area contributed by atoms with Gasteiger partial charge in [-0.05, 0) is 35.2 Å². The minimum atomic E-state index is 0.252. The first kappa shape index (κ1) is 12.6. The van der Waals surface area contributed by atoms with Crippen LogP contribution in [0.3, 0.4) is 0 Å². The highest BCUT2D eigenvalue weighted by atomic mass is 32.1. The first-order valence-corrected chi connectivity index (χ1v) is 7.30. The molecule has 1 amide bonds. The molecule has 0 atom stereocenters. The van der Waals surface area contributed by atoms with Crippen LogP contribution in [0.2, 0.25) is 0 Å². The summed E-state index contributed by atoms with van der Waals surface area (Å²) in [6.45, 7) is 3.15. The van der Waals surface area contributed by atoms with Crippen molar-refractivity contribution in [1.29, 1.82) is 0 Å². The molecule has 94 valence electrons. The monoisotopic (exact) mass is 252 g/mol. The van der Waals surface area contributed by atoms with Crippen LogP contribution < -0.4 is 5.32 Å². The fourth-order valence-electron chi connectivity index (χ4n) is 2.14.